The van der Waals surface area contributed by atoms with Gasteiger partial charge in [-0.15, -0.1) is 0 Å². The maximum Gasteiger partial charge on any atom is 0.320 e. The second-order valence-corrected chi connectivity index (χ2v) is 4.66. The van der Waals surface area contributed by atoms with E-state index in [2.05, 4.69) is 6.92 Å². The van der Waals surface area contributed by atoms with E-state index in [1.807, 2.05) is 24.3 Å². The molecule has 0 spiro atoms. The molecule has 5 heteroatoms. The Kier molecular flexibility index (Phi) is 6.87. The van der Waals surface area contributed by atoms with Crippen molar-refractivity contribution in [1.29, 1.82) is 0 Å². The van der Waals surface area contributed by atoms with Crippen LogP contribution in [0.25, 0.3) is 0 Å². The number of hydrogen-bond donors (Lipinski definition) is 1. The van der Waals surface area contributed by atoms with E-state index >= 15 is 0 Å². The lowest BCUT2D eigenvalue weighted by molar-refractivity contribution is -0.142. The van der Waals surface area contributed by atoms with E-state index < -0.39 is 12.0 Å². The Morgan fingerprint density at radius 3 is 2.15 bits per heavy atom. The van der Waals surface area contributed by atoms with Crippen molar-refractivity contribution in [2.24, 2.45) is 0 Å². The molecule has 0 bridgehead atoms. The number of carboxylic acids is 1. The van der Waals surface area contributed by atoms with Gasteiger partial charge in [-0.2, -0.15) is 0 Å². The zero-order valence-electron chi connectivity index (χ0n) is 12.3. The number of carboxylic acid groups (broad SMARTS) is 1. The highest BCUT2D eigenvalue weighted by Crippen LogP contribution is 2.17. The van der Waals surface area contributed by atoms with E-state index in [-0.39, 0.29) is 0 Å². The maximum atomic E-state index is 10.8. The van der Waals surface area contributed by atoms with Crippen molar-refractivity contribution in [2.75, 3.05) is 26.8 Å². The summed E-state index contributed by atoms with van der Waals surface area (Å²) in [6, 6.07) is 6.93. The molecule has 5 nitrogen and oxygen atoms in total. The number of benzene rings is 1. The van der Waals surface area contributed by atoms with E-state index in [0.717, 1.165) is 17.9 Å². The summed E-state index contributed by atoms with van der Waals surface area (Å²) < 4.78 is 11.1. The van der Waals surface area contributed by atoms with Crippen LogP contribution in [0.2, 0.25) is 0 Å². The van der Waals surface area contributed by atoms with Crippen LogP contribution in [0.1, 0.15) is 20.3 Å². The van der Waals surface area contributed by atoms with Crippen LogP contribution >= 0.6 is 0 Å². The number of ether oxygens (including phenoxy) is 2. The Hall–Kier alpha value is -1.75. The van der Waals surface area contributed by atoms with Crippen LogP contribution in [0.15, 0.2) is 24.3 Å². The molecule has 0 aliphatic carbocycles. The van der Waals surface area contributed by atoms with Crippen LogP contribution in [0.5, 0.6) is 11.5 Å². The number of nitrogens with zero attached hydrogens (tertiary/aromatic N) is 1. The quantitative estimate of drug-likeness (QED) is 0.752. The Labute approximate surface area is 120 Å². The van der Waals surface area contributed by atoms with Crippen molar-refractivity contribution < 1.29 is 19.4 Å². The summed E-state index contributed by atoms with van der Waals surface area (Å²) in [5.74, 6) is 0.756. The molecule has 1 aromatic carbocycles. The van der Waals surface area contributed by atoms with E-state index in [1.54, 1.807) is 18.9 Å². The molecule has 0 saturated carbocycles. The Morgan fingerprint density at radius 1 is 1.20 bits per heavy atom. The van der Waals surface area contributed by atoms with Gasteiger partial charge in [0.05, 0.1) is 6.61 Å². The van der Waals surface area contributed by atoms with E-state index in [0.29, 0.717) is 19.8 Å². The fourth-order valence-electron chi connectivity index (χ4n) is 1.54. The van der Waals surface area contributed by atoms with Crippen molar-refractivity contribution >= 4 is 5.97 Å². The molecule has 0 heterocycles. The molecule has 0 aliphatic heterocycles. The average Bonchev–Trinajstić information content (AvgIpc) is 2.45. The fourth-order valence-corrected chi connectivity index (χ4v) is 1.54. The van der Waals surface area contributed by atoms with Crippen LogP contribution in [-0.2, 0) is 4.79 Å². The van der Waals surface area contributed by atoms with Gasteiger partial charge in [-0.25, -0.2) is 0 Å². The lowest BCUT2D eigenvalue weighted by Gasteiger charge is -2.20. The zero-order chi connectivity index (χ0) is 15.0. The highest BCUT2D eigenvalue weighted by Gasteiger charge is 2.15. The van der Waals surface area contributed by atoms with Crippen molar-refractivity contribution in [3.05, 3.63) is 24.3 Å². The van der Waals surface area contributed by atoms with Gasteiger partial charge in [0.1, 0.15) is 24.1 Å². The molecule has 0 aliphatic rings. The van der Waals surface area contributed by atoms with Gasteiger partial charge in [0.2, 0.25) is 0 Å². The first-order valence-corrected chi connectivity index (χ1v) is 6.83. The lowest BCUT2D eigenvalue weighted by atomic mass is 10.3. The molecule has 0 amide bonds. The van der Waals surface area contributed by atoms with Gasteiger partial charge in [0.15, 0.2) is 0 Å². The van der Waals surface area contributed by atoms with Crippen molar-refractivity contribution in [2.45, 2.75) is 26.3 Å². The van der Waals surface area contributed by atoms with Crippen LogP contribution in [-0.4, -0.2) is 48.8 Å². The summed E-state index contributed by atoms with van der Waals surface area (Å²) in [4.78, 5) is 12.5. The zero-order valence-corrected chi connectivity index (χ0v) is 12.3. The number of carbonyl (C=O) groups is 1. The first-order valence-electron chi connectivity index (χ1n) is 6.83. The number of hydrogen-bond acceptors (Lipinski definition) is 4. The molecule has 1 N–H and O–H groups in total. The summed E-state index contributed by atoms with van der Waals surface area (Å²) in [5.41, 5.74) is 0. The summed E-state index contributed by atoms with van der Waals surface area (Å²) in [5, 5.41) is 8.87. The van der Waals surface area contributed by atoms with E-state index in [9.17, 15) is 4.79 Å². The molecule has 0 aromatic heterocycles. The van der Waals surface area contributed by atoms with Crippen molar-refractivity contribution in [3.63, 3.8) is 0 Å². The molecule has 0 fully saturated rings. The molecule has 1 unspecified atom stereocenters. The molecule has 0 radical (unpaired) electrons. The molecule has 0 saturated heterocycles. The molecule has 112 valence electrons. The molecule has 1 aromatic rings. The third-order valence-corrected chi connectivity index (χ3v) is 3.03. The SMILES string of the molecule is CCCOc1ccc(OCCN(C)C(C)C(=O)O)cc1. The smallest absolute Gasteiger partial charge is 0.320 e. The summed E-state index contributed by atoms with van der Waals surface area (Å²) in [7, 11) is 1.77. The minimum absolute atomic E-state index is 0.448. The molecule has 1 rings (SSSR count). The van der Waals surface area contributed by atoms with Crippen molar-refractivity contribution in [1.82, 2.24) is 4.90 Å². The van der Waals surface area contributed by atoms with Crippen LogP contribution in [0.4, 0.5) is 0 Å². The first-order chi connectivity index (χ1) is 9.54. The van der Waals surface area contributed by atoms with E-state index in [4.69, 9.17) is 14.6 Å². The minimum Gasteiger partial charge on any atom is -0.494 e. The normalized spacial score (nSPS) is 12.2. The maximum absolute atomic E-state index is 10.8. The van der Waals surface area contributed by atoms with Crippen LogP contribution < -0.4 is 9.47 Å². The monoisotopic (exact) mass is 281 g/mol. The number of rotatable bonds is 9. The third kappa shape index (κ3) is 5.48. The van der Waals surface area contributed by atoms with Crippen LogP contribution in [0, 0.1) is 0 Å². The topological polar surface area (TPSA) is 59.0 Å². The van der Waals surface area contributed by atoms with Gasteiger partial charge in [0, 0.05) is 6.54 Å². The average molecular weight is 281 g/mol. The highest BCUT2D eigenvalue weighted by molar-refractivity contribution is 5.72. The number of aliphatic carboxylic acids is 1. The largest absolute Gasteiger partial charge is 0.494 e. The predicted octanol–water partition coefficient (Wildman–Crippen LogP) is 2.26. The highest BCUT2D eigenvalue weighted by atomic mass is 16.5. The van der Waals surface area contributed by atoms with Crippen molar-refractivity contribution in [3.8, 4) is 11.5 Å². The van der Waals surface area contributed by atoms with Gasteiger partial charge in [0.25, 0.3) is 0 Å². The minimum atomic E-state index is -0.829. The van der Waals surface area contributed by atoms with Crippen LogP contribution in [0.3, 0.4) is 0 Å². The first kappa shape index (κ1) is 16.3. The molecular weight excluding hydrogens is 258 g/mol. The summed E-state index contributed by atoms with van der Waals surface area (Å²) in [6.45, 7) is 5.43. The summed E-state index contributed by atoms with van der Waals surface area (Å²) >= 11 is 0. The Morgan fingerprint density at radius 2 is 1.70 bits per heavy atom. The third-order valence-electron chi connectivity index (χ3n) is 3.03. The Bertz CT molecular complexity index is 405. The van der Waals surface area contributed by atoms with E-state index in [1.165, 1.54) is 0 Å². The number of likely N-dealkylation sites (N-methyl/N-ethyl adjacent to an activating group) is 1. The van der Waals surface area contributed by atoms with Gasteiger partial charge in [-0.05, 0) is 44.7 Å². The standard InChI is InChI=1S/C15H23NO4/c1-4-10-19-13-5-7-14(8-6-13)20-11-9-16(3)12(2)15(17)18/h5-8,12H,4,9-11H2,1-3H3,(H,17,18). The predicted molar refractivity (Wildman–Crippen MR) is 77.5 cm³/mol. The Balaban J connectivity index is 2.33. The van der Waals surface area contributed by atoms with Gasteiger partial charge < -0.3 is 14.6 Å². The van der Waals surface area contributed by atoms with Gasteiger partial charge in [-0.3, -0.25) is 9.69 Å². The van der Waals surface area contributed by atoms with Gasteiger partial charge >= 0.3 is 5.97 Å². The van der Waals surface area contributed by atoms with Gasteiger partial charge in [-0.1, -0.05) is 6.92 Å². The second kappa shape index (κ2) is 8.43. The second-order valence-electron chi connectivity index (χ2n) is 4.66. The lowest BCUT2D eigenvalue weighted by Crippen LogP contribution is -2.38. The summed E-state index contributed by atoms with van der Waals surface area (Å²) in [6.07, 6.45) is 0.979. The fraction of sp³-hybridized carbons (Fsp3) is 0.533. The molecule has 1 atom stereocenters. The molecule has 20 heavy (non-hydrogen) atoms. The molecular formula is C15H23NO4.